The summed E-state index contributed by atoms with van der Waals surface area (Å²) in [7, 11) is -4.21. The van der Waals surface area contributed by atoms with E-state index in [1.54, 1.807) is 6.92 Å². The molecule has 0 aliphatic carbocycles. The molecule has 0 aromatic heterocycles. The molecule has 0 saturated heterocycles. The highest BCUT2D eigenvalue weighted by Gasteiger charge is 2.26. The maximum atomic E-state index is 13.6. The maximum absolute atomic E-state index is 13.6. The second-order valence-electron chi connectivity index (χ2n) is 4.45. The number of aliphatic hydroxyl groups is 1. The topological polar surface area (TPSA) is 92.4 Å². The van der Waals surface area contributed by atoms with Crippen LogP contribution in [0.25, 0.3) is 0 Å². The van der Waals surface area contributed by atoms with Gasteiger partial charge in [0.25, 0.3) is 0 Å². The van der Waals surface area contributed by atoms with Gasteiger partial charge in [-0.2, -0.15) is 0 Å². The summed E-state index contributed by atoms with van der Waals surface area (Å²) in [6, 6.07) is 1.55. The van der Waals surface area contributed by atoms with Crippen molar-refractivity contribution in [2.24, 2.45) is 0 Å². The summed E-state index contributed by atoms with van der Waals surface area (Å²) in [5.41, 5.74) is 2.98. The Morgan fingerprint density at radius 1 is 1.42 bits per heavy atom. The van der Waals surface area contributed by atoms with Gasteiger partial charge in [0, 0.05) is 6.54 Å². The molecule has 4 N–H and O–H groups in total. The average Bonchev–Trinajstić information content (AvgIpc) is 2.34. The standard InChI is InChI=1S/C11H16F2N2O3S/c1-3-11(2,16)6-15-19(17,18)8-5-4-7(12)10(14)9(8)13/h4-5,15-16H,3,6,14H2,1-2H3. The Balaban J connectivity index is 3.06. The number of rotatable bonds is 5. The fourth-order valence-electron chi connectivity index (χ4n) is 1.21. The van der Waals surface area contributed by atoms with Crippen molar-refractivity contribution in [3.8, 4) is 0 Å². The molecule has 1 aromatic rings. The Labute approximate surface area is 110 Å². The molecule has 0 heterocycles. The van der Waals surface area contributed by atoms with Crippen LogP contribution in [-0.4, -0.2) is 25.7 Å². The van der Waals surface area contributed by atoms with E-state index in [4.69, 9.17) is 5.73 Å². The van der Waals surface area contributed by atoms with Gasteiger partial charge in [-0.15, -0.1) is 0 Å². The lowest BCUT2D eigenvalue weighted by Crippen LogP contribution is -2.40. The number of anilines is 1. The van der Waals surface area contributed by atoms with Gasteiger partial charge < -0.3 is 10.8 Å². The zero-order chi connectivity index (χ0) is 14.8. The van der Waals surface area contributed by atoms with E-state index in [-0.39, 0.29) is 6.54 Å². The monoisotopic (exact) mass is 294 g/mol. The van der Waals surface area contributed by atoms with E-state index >= 15 is 0 Å². The Morgan fingerprint density at radius 2 is 2.00 bits per heavy atom. The van der Waals surface area contributed by atoms with Gasteiger partial charge in [0.2, 0.25) is 10.0 Å². The van der Waals surface area contributed by atoms with Gasteiger partial charge in [0.05, 0.1) is 5.60 Å². The first-order chi connectivity index (χ1) is 8.60. The zero-order valence-electron chi connectivity index (χ0n) is 10.6. The normalized spacial score (nSPS) is 15.2. The number of sulfonamides is 1. The molecule has 19 heavy (non-hydrogen) atoms. The van der Waals surface area contributed by atoms with Gasteiger partial charge in [0.1, 0.15) is 16.4 Å². The molecule has 0 radical (unpaired) electrons. The first kappa shape index (κ1) is 15.8. The largest absolute Gasteiger partial charge is 0.394 e. The Bertz CT molecular complexity index is 574. The molecular weight excluding hydrogens is 278 g/mol. The first-order valence-electron chi connectivity index (χ1n) is 5.56. The molecule has 0 aliphatic heterocycles. The summed E-state index contributed by atoms with van der Waals surface area (Å²) in [5.74, 6) is -2.37. The van der Waals surface area contributed by atoms with Crippen LogP contribution in [0.1, 0.15) is 20.3 Å². The van der Waals surface area contributed by atoms with Crippen molar-refractivity contribution >= 4 is 15.7 Å². The van der Waals surface area contributed by atoms with E-state index in [0.29, 0.717) is 6.42 Å². The third-order valence-electron chi connectivity index (χ3n) is 2.79. The zero-order valence-corrected chi connectivity index (χ0v) is 11.4. The molecule has 0 bridgehead atoms. The lowest BCUT2D eigenvalue weighted by atomic mass is 10.1. The van der Waals surface area contributed by atoms with Gasteiger partial charge in [-0.1, -0.05) is 6.92 Å². The van der Waals surface area contributed by atoms with Crippen molar-refractivity contribution in [3.05, 3.63) is 23.8 Å². The van der Waals surface area contributed by atoms with Crippen LogP contribution in [0, 0.1) is 11.6 Å². The lowest BCUT2D eigenvalue weighted by Gasteiger charge is -2.21. The highest BCUT2D eigenvalue weighted by Crippen LogP contribution is 2.22. The van der Waals surface area contributed by atoms with E-state index in [1.165, 1.54) is 6.92 Å². The van der Waals surface area contributed by atoms with E-state index in [2.05, 4.69) is 4.72 Å². The number of nitrogen functional groups attached to an aromatic ring is 1. The minimum absolute atomic E-state index is 0.289. The average molecular weight is 294 g/mol. The number of nitrogens with two attached hydrogens (primary N) is 1. The van der Waals surface area contributed by atoms with Crippen LogP contribution in [0.4, 0.5) is 14.5 Å². The van der Waals surface area contributed by atoms with E-state index in [0.717, 1.165) is 12.1 Å². The predicted octanol–water partition coefficient (Wildman–Crippen LogP) is 0.986. The second-order valence-corrected chi connectivity index (χ2v) is 6.18. The van der Waals surface area contributed by atoms with Crippen LogP contribution < -0.4 is 10.5 Å². The van der Waals surface area contributed by atoms with Gasteiger partial charge in [0.15, 0.2) is 5.82 Å². The highest BCUT2D eigenvalue weighted by molar-refractivity contribution is 7.89. The van der Waals surface area contributed by atoms with Gasteiger partial charge >= 0.3 is 0 Å². The summed E-state index contributed by atoms with van der Waals surface area (Å²) in [4.78, 5) is -0.752. The van der Waals surface area contributed by atoms with Crippen molar-refractivity contribution in [1.29, 1.82) is 0 Å². The van der Waals surface area contributed by atoms with Crippen LogP contribution >= 0.6 is 0 Å². The number of nitrogens with one attached hydrogen (secondary N) is 1. The molecule has 0 fully saturated rings. The number of hydrogen-bond acceptors (Lipinski definition) is 4. The van der Waals surface area contributed by atoms with Crippen molar-refractivity contribution in [1.82, 2.24) is 4.72 Å². The van der Waals surface area contributed by atoms with Crippen molar-refractivity contribution < 1.29 is 22.3 Å². The Morgan fingerprint density at radius 3 is 2.53 bits per heavy atom. The predicted molar refractivity (Wildman–Crippen MR) is 66.9 cm³/mol. The van der Waals surface area contributed by atoms with Crippen LogP contribution in [0.3, 0.4) is 0 Å². The van der Waals surface area contributed by atoms with E-state index < -0.39 is 37.8 Å². The third kappa shape index (κ3) is 3.62. The molecule has 5 nitrogen and oxygen atoms in total. The summed E-state index contributed by atoms with van der Waals surface area (Å²) in [6.07, 6.45) is 0.309. The Kier molecular flexibility index (Phi) is 4.49. The van der Waals surface area contributed by atoms with Crippen LogP contribution in [0.15, 0.2) is 17.0 Å². The minimum atomic E-state index is -4.21. The molecule has 0 amide bonds. The summed E-state index contributed by atoms with van der Waals surface area (Å²) < 4.78 is 52.3. The van der Waals surface area contributed by atoms with Crippen molar-refractivity contribution in [2.45, 2.75) is 30.8 Å². The lowest BCUT2D eigenvalue weighted by molar-refractivity contribution is 0.0613. The van der Waals surface area contributed by atoms with Crippen molar-refractivity contribution in [2.75, 3.05) is 12.3 Å². The smallest absolute Gasteiger partial charge is 0.243 e. The minimum Gasteiger partial charge on any atom is -0.394 e. The molecular formula is C11H16F2N2O3S. The fraction of sp³-hybridized carbons (Fsp3) is 0.455. The molecule has 1 rings (SSSR count). The summed E-state index contributed by atoms with van der Waals surface area (Å²) in [6.45, 7) is 2.82. The number of benzene rings is 1. The molecule has 8 heteroatoms. The highest BCUT2D eigenvalue weighted by atomic mass is 32.2. The van der Waals surface area contributed by atoms with E-state index in [1.807, 2.05) is 0 Å². The number of halogens is 2. The van der Waals surface area contributed by atoms with Gasteiger partial charge in [-0.3, -0.25) is 0 Å². The van der Waals surface area contributed by atoms with Gasteiger partial charge in [-0.05, 0) is 25.5 Å². The van der Waals surface area contributed by atoms with Crippen LogP contribution in [-0.2, 0) is 10.0 Å². The molecule has 0 saturated carbocycles. The molecule has 0 aliphatic rings. The van der Waals surface area contributed by atoms with Gasteiger partial charge in [-0.25, -0.2) is 21.9 Å². The Hall–Kier alpha value is -1.25. The third-order valence-corrected chi connectivity index (χ3v) is 4.20. The molecule has 108 valence electrons. The fourth-order valence-corrected chi connectivity index (χ4v) is 2.46. The second kappa shape index (κ2) is 5.40. The molecule has 1 unspecified atom stereocenters. The first-order valence-corrected chi connectivity index (χ1v) is 7.04. The SMILES string of the molecule is CCC(C)(O)CNS(=O)(=O)c1ccc(F)c(N)c1F. The maximum Gasteiger partial charge on any atom is 0.243 e. The molecule has 1 atom stereocenters. The quantitative estimate of drug-likeness (QED) is 0.706. The van der Waals surface area contributed by atoms with Crippen molar-refractivity contribution in [3.63, 3.8) is 0 Å². The number of hydrogen-bond donors (Lipinski definition) is 3. The van der Waals surface area contributed by atoms with E-state index in [9.17, 15) is 22.3 Å². The van der Waals surface area contributed by atoms with Crippen LogP contribution in [0.2, 0.25) is 0 Å². The molecule has 0 spiro atoms. The summed E-state index contributed by atoms with van der Waals surface area (Å²) in [5, 5.41) is 9.70. The molecule has 1 aromatic carbocycles. The van der Waals surface area contributed by atoms with Crippen LogP contribution in [0.5, 0.6) is 0 Å². The summed E-state index contributed by atoms with van der Waals surface area (Å²) >= 11 is 0.